The van der Waals surface area contributed by atoms with Crippen molar-refractivity contribution in [1.82, 2.24) is 4.72 Å². The molecule has 0 aromatic heterocycles. The van der Waals surface area contributed by atoms with Crippen LogP contribution in [0.1, 0.15) is 6.92 Å². The van der Waals surface area contributed by atoms with Gasteiger partial charge < -0.3 is 4.18 Å². The van der Waals surface area contributed by atoms with Crippen molar-refractivity contribution in [2.75, 3.05) is 0 Å². The molecular formula is C4H5CaNO4S. The minimum atomic E-state index is -3.84. The van der Waals surface area contributed by atoms with Crippen molar-refractivity contribution in [2.24, 2.45) is 0 Å². The van der Waals surface area contributed by atoms with Crippen LogP contribution in [0.5, 0.6) is 0 Å². The Morgan fingerprint density at radius 3 is 2.45 bits per heavy atom. The molecule has 0 unspecified atom stereocenters. The van der Waals surface area contributed by atoms with Crippen molar-refractivity contribution in [3.63, 3.8) is 0 Å². The molecule has 0 atom stereocenters. The number of hydrogen-bond acceptors (Lipinski definition) is 4. The summed E-state index contributed by atoms with van der Waals surface area (Å²) in [4.78, 5) is 10.6. The summed E-state index contributed by atoms with van der Waals surface area (Å²) in [6.45, 7) is 1.45. The van der Waals surface area contributed by atoms with Crippen LogP contribution in [0.4, 0.5) is 0 Å². The summed E-state index contributed by atoms with van der Waals surface area (Å²) in [5, 5.41) is 0. The zero-order valence-corrected chi connectivity index (χ0v) is 8.85. The van der Waals surface area contributed by atoms with Crippen LogP contribution in [-0.4, -0.2) is 52.1 Å². The first kappa shape index (κ1) is 11.2. The smallest absolute Gasteiger partial charge is 0.374 e. The van der Waals surface area contributed by atoms with E-state index in [1.807, 2.05) is 0 Å². The fourth-order valence-corrected chi connectivity index (χ4v) is 1.11. The predicted octanol–water partition coefficient (Wildman–Crippen LogP) is -1.10. The molecule has 0 fully saturated rings. The molecule has 1 heterocycles. The Labute approximate surface area is 94.0 Å². The van der Waals surface area contributed by atoms with Crippen molar-refractivity contribution in [3.05, 3.63) is 11.8 Å². The van der Waals surface area contributed by atoms with E-state index >= 15 is 0 Å². The first-order valence-electron chi connectivity index (χ1n) is 2.43. The van der Waals surface area contributed by atoms with Crippen LogP contribution in [0.15, 0.2) is 11.8 Å². The molecule has 58 valence electrons. The van der Waals surface area contributed by atoms with Crippen molar-refractivity contribution in [3.8, 4) is 0 Å². The van der Waals surface area contributed by atoms with Crippen molar-refractivity contribution < 1.29 is 17.4 Å². The van der Waals surface area contributed by atoms with Gasteiger partial charge in [0.1, 0.15) is 6.26 Å². The Kier molecular flexibility index (Phi) is 3.83. The predicted molar refractivity (Wildman–Crippen MR) is 37.7 cm³/mol. The SMILES string of the molecule is CC1=COS(=O)(=O)NC1=O.[Ca]. The van der Waals surface area contributed by atoms with Gasteiger partial charge in [0, 0.05) is 37.7 Å². The maximum atomic E-state index is 10.6. The van der Waals surface area contributed by atoms with Gasteiger partial charge >= 0.3 is 10.3 Å². The van der Waals surface area contributed by atoms with Crippen LogP contribution in [0.2, 0.25) is 0 Å². The van der Waals surface area contributed by atoms with Crippen LogP contribution in [0.3, 0.4) is 0 Å². The van der Waals surface area contributed by atoms with E-state index in [9.17, 15) is 13.2 Å². The minimum absolute atomic E-state index is 0. The van der Waals surface area contributed by atoms with Gasteiger partial charge in [0.05, 0.1) is 5.57 Å². The van der Waals surface area contributed by atoms with Gasteiger partial charge in [-0.2, -0.15) is 8.42 Å². The van der Waals surface area contributed by atoms with E-state index in [2.05, 4.69) is 4.18 Å². The number of carbonyl (C=O) groups is 1. The van der Waals surface area contributed by atoms with E-state index in [0.29, 0.717) is 0 Å². The van der Waals surface area contributed by atoms with Gasteiger partial charge in [0.15, 0.2) is 0 Å². The van der Waals surface area contributed by atoms with E-state index < -0.39 is 16.2 Å². The Morgan fingerprint density at radius 1 is 1.55 bits per heavy atom. The van der Waals surface area contributed by atoms with Crippen molar-refractivity contribution in [2.45, 2.75) is 6.92 Å². The third-order valence-corrected chi connectivity index (χ3v) is 1.71. The van der Waals surface area contributed by atoms with E-state index in [0.717, 1.165) is 6.26 Å². The minimum Gasteiger partial charge on any atom is -0.374 e. The second-order valence-corrected chi connectivity index (χ2v) is 3.09. The average Bonchev–Trinajstić information content (AvgIpc) is 1.79. The average molecular weight is 203 g/mol. The zero-order valence-electron chi connectivity index (χ0n) is 5.83. The number of hydrogen-bond donors (Lipinski definition) is 1. The van der Waals surface area contributed by atoms with E-state index in [-0.39, 0.29) is 43.3 Å². The molecule has 0 saturated heterocycles. The molecule has 1 aliphatic heterocycles. The van der Waals surface area contributed by atoms with Crippen LogP contribution in [0, 0.1) is 0 Å². The first-order valence-corrected chi connectivity index (χ1v) is 3.84. The fraction of sp³-hybridized carbons (Fsp3) is 0.250. The van der Waals surface area contributed by atoms with E-state index in [4.69, 9.17) is 0 Å². The first-order chi connectivity index (χ1) is 4.51. The summed E-state index contributed by atoms with van der Waals surface area (Å²) in [6.07, 6.45) is 0.897. The Balaban J connectivity index is 0.000001000. The number of rotatable bonds is 0. The van der Waals surface area contributed by atoms with Gasteiger partial charge in [-0.3, -0.25) is 4.79 Å². The topological polar surface area (TPSA) is 72.5 Å². The van der Waals surface area contributed by atoms with Crippen LogP contribution < -0.4 is 4.72 Å². The van der Waals surface area contributed by atoms with Crippen LogP contribution >= 0.6 is 0 Å². The fourth-order valence-electron chi connectivity index (χ4n) is 0.407. The molecule has 1 N–H and O–H groups in total. The van der Waals surface area contributed by atoms with Gasteiger partial charge in [-0.15, -0.1) is 0 Å². The van der Waals surface area contributed by atoms with Gasteiger partial charge in [-0.25, -0.2) is 4.72 Å². The quantitative estimate of drug-likeness (QED) is 0.507. The standard InChI is InChI=1S/C4H5NO4S.Ca/c1-3-2-9-10(7,8)5-4(3)6;/h2H,1H3,(H,5,6);. The number of nitrogens with one attached hydrogen (secondary N) is 1. The molecule has 0 bridgehead atoms. The maximum absolute atomic E-state index is 10.6. The molecule has 1 aliphatic rings. The summed E-state index contributed by atoms with van der Waals surface area (Å²) in [7, 11) is -3.84. The van der Waals surface area contributed by atoms with Crippen molar-refractivity contribution >= 4 is 53.9 Å². The molecule has 11 heavy (non-hydrogen) atoms. The zero-order chi connectivity index (χ0) is 7.78. The Hall–Kier alpha value is 0.220. The summed E-state index contributed by atoms with van der Waals surface area (Å²) in [5.41, 5.74) is 0.231. The third kappa shape index (κ3) is 2.98. The molecule has 0 aromatic carbocycles. The molecule has 7 heteroatoms. The Bertz CT molecular complexity index is 293. The van der Waals surface area contributed by atoms with Crippen LogP contribution in [-0.2, 0) is 19.3 Å². The maximum Gasteiger partial charge on any atom is 0.409 e. The molecule has 5 nitrogen and oxygen atoms in total. The number of carbonyl (C=O) groups excluding carboxylic acids is 1. The van der Waals surface area contributed by atoms with Crippen LogP contribution in [0.25, 0.3) is 0 Å². The molecule has 0 aliphatic carbocycles. The largest absolute Gasteiger partial charge is 0.409 e. The molecule has 0 spiro atoms. The number of amides is 1. The van der Waals surface area contributed by atoms with E-state index in [1.54, 1.807) is 4.72 Å². The molecule has 2 radical (unpaired) electrons. The van der Waals surface area contributed by atoms with E-state index in [1.165, 1.54) is 6.92 Å². The monoisotopic (exact) mass is 203 g/mol. The summed E-state index contributed by atoms with van der Waals surface area (Å²) >= 11 is 0. The molecule has 0 saturated carbocycles. The summed E-state index contributed by atoms with van der Waals surface area (Å²) in [6, 6.07) is 0. The summed E-state index contributed by atoms with van der Waals surface area (Å²) < 4.78 is 26.6. The molecule has 1 amide bonds. The Morgan fingerprint density at radius 2 is 2.09 bits per heavy atom. The molecular weight excluding hydrogens is 198 g/mol. The van der Waals surface area contributed by atoms with Gasteiger partial charge in [-0.1, -0.05) is 0 Å². The molecule has 1 rings (SSSR count). The second-order valence-electron chi connectivity index (χ2n) is 1.78. The summed E-state index contributed by atoms with van der Waals surface area (Å²) in [5.74, 6) is -0.647. The second kappa shape index (κ2) is 3.75. The van der Waals surface area contributed by atoms with Crippen molar-refractivity contribution in [1.29, 1.82) is 0 Å². The van der Waals surface area contributed by atoms with Gasteiger partial charge in [-0.05, 0) is 6.92 Å². The van der Waals surface area contributed by atoms with Gasteiger partial charge in [0.2, 0.25) is 0 Å². The third-order valence-electron chi connectivity index (χ3n) is 0.927. The van der Waals surface area contributed by atoms with Gasteiger partial charge in [0.25, 0.3) is 5.91 Å². The normalized spacial score (nSPS) is 20.5. The molecule has 0 aromatic rings.